The van der Waals surface area contributed by atoms with Crippen molar-refractivity contribution in [1.82, 2.24) is 5.32 Å². The van der Waals surface area contributed by atoms with Gasteiger partial charge in [0.25, 0.3) is 5.69 Å². The Hall–Kier alpha value is -4.37. The predicted molar refractivity (Wildman–Crippen MR) is 124 cm³/mol. The average Bonchev–Trinajstić information content (AvgIpc) is 3.16. The van der Waals surface area contributed by atoms with Crippen molar-refractivity contribution in [3.05, 3.63) is 99.6 Å². The Morgan fingerprint density at radius 3 is 2.61 bits per heavy atom. The fourth-order valence-corrected chi connectivity index (χ4v) is 3.69. The minimum atomic E-state index is -0.817. The van der Waals surface area contributed by atoms with Gasteiger partial charge in [-0.1, -0.05) is 42.5 Å². The van der Waals surface area contributed by atoms with Crippen molar-refractivity contribution < 1.29 is 14.5 Å². The molecule has 0 aromatic heterocycles. The number of nitrogens with two attached hydrogens (primary N) is 1. The number of carbonyl (C=O) groups is 2. The molecule has 9 nitrogen and oxygen atoms in total. The standard InChI is InChI=1S/C24H21N5O4/c25-13-21(30)26-14-15-5-4-8-17(11-15)27-23(16-6-2-1-3-7-16)22-19-12-18(29(32)33)9-10-20(19)28-24(22)31/h1-12,22H,13-14,25H2,(H,26,30)(H,28,31). The van der Waals surface area contributed by atoms with Gasteiger partial charge in [0.2, 0.25) is 11.8 Å². The van der Waals surface area contributed by atoms with E-state index in [-0.39, 0.29) is 24.0 Å². The van der Waals surface area contributed by atoms with E-state index in [1.807, 2.05) is 36.4 Å². The molecule has 9 heteroatoms. The van der Waals surface area contributed by atoms with Crippen LogP contribution in [0.25, 0.3) is 0 Å². The third-order valence-electron chi connectivity index (χ3n) is 5.26. The van der Waals surface area contributed by atoms with Gasteiger partial charge in [-0.3, -0.25) is 24.7 Å². The highest BCUT2D eigenvalue weighted by molar-refractivity contribution is 6.24. The van der Waals surface area contributed by atoms with Crippen LogP contribution in [-0.4, -0.2) is 29.0 Å². The Morgan fingerprint density at radius 1 is 1.09 bits per heavy atom. The third kappa shape index (κ3) is 4.78. The molecule has 33 heavy (non-hydrogen) atoms. The molecule has 1 aliphatic rings. The molecule has 4 N–H and O–H groups in total. The molecule has 0 bridgehead atoms. The lowest BCUT2D eigenvalue weighted by Crippen LogP contribution is -2.29. The van der Waals surface area contributed by atoms with Crippen molar-refractivity contribution >= 4 is 34.6 Å². The predicted octanol–water partition coefficient (Wildman–Crippen LogP) is 3.03. The number of carbonyl (C=O) groups excluding carboxylic acids is 2. The molecule has 0 saturated carbocycles. The number of fused-ring (bicyclic) bond motifs is 1. The molecule has 3 aromatic carbocycles. The summed E-state index contributed by atoms with van der Waals surface area (Å²) in [6.45, 7) is 0.192. The fraction of sp³-hybridized carbons (Fsp3) is 0.125. The van der Waals surface area contributed by atoms with Gasteiger partial charge < -0.3 is 16.4 Å². The molecule has 0 spiro atoms. The molecule has 1 atom stereocenters. The summed E-state index contributed by atoms with van der Waals surface area (Å²) in [5.41, 5.74) is 8.85. The highest BCUT2D eigenvalue weighted by Crippen LogP contribution is 2.38. The number of aliphatic imine (C=N–C) groups is 1. The van der Waals surface area contributed by atoms with Crippen LogP contribution in [0.4, 0.5) is 17.1 Å². The topological polar surface area (TPSA) is 140 Å². The molecule has 1 unspecified atom stereocenters. The molecule has 0 aliphatic carbocycles. The van der Waals surface area contributed by atoms with E-state index >= 15 is 0 Å². The number of amides is 2. The SMILES string of the molecule is NCC(=O)NCc1cccc(N=C(c2ccccc2)C2C(=O)Nc3ccc([N+](=O)[O-])cc32)c1. The molecule has 166 valence electrons. The maximum Gasteiger partial charge on any atom is 0.269 e. The van der Waals surface area contributed by atoms with E-state index in [1.54, 1.807) is 18.2 Å². The lowest BCUT2D eigenvalue weighted by molar-refractivity contribution is -0.384. The van der Waals surface area contributed by atoms with Gasteiger partial charge in [-0.2, -0.15) is 0 Å². The minimum absolute atomic E-state index is 0.0969. The van der Waals surface area contributed by atoms with Crippen molar-refractivity contribution in [3.8, 4) is 0 Å². The van der Waals surface area contributed by atoms with E-state index in [2.05, 4.69) is 10.6 Å². The van der Waals surface area contributed by atoms with Gasteiger partial charge in [0.05, 0.1) is 22.9 Å². The number of non-ortho nitro benzene ring substituents is 1. The molecule has 4 rings (SSSR count). The van der Waals surface area contributed by atoms with Crippen molar-refractivity contribution in [1.29, 1.82) is 0 Å². The van der Waals surface area contributed by atoms with Crippen LogP contribution in [0.3, 0.4) is 0 Å². The van der Waals surface area contributed by atoms with Gasteiger partial charge in [0.1, 0.15) is 5.92 Å². The number of hydrogen-bond donors (Lipinski definition) is 3. The van der Waals surface area contributed by atoms with Crippen LogP contribution in [0.15, 0.2) is 77.8 Å². The number of nitrogens with one attached hydrogen (secondary N) is 2. The summed E-state index contributed by atoms with van der Waals surface area (Å²) in [5.74, 6) is -1.39. The minimum Gasteiger partial charge on any atom is -0.351 e. The van der Waals surface area contributed by atoms with Crippen molar-refractivity contribution in [3.63, 3.8) is 0 Å². The first-order valence-corrected chi connectivity index (χ1v) is 10.2. The smallest absolute Gasteiger partial charge is 0.269 e. The van der Waals surface area contributed by atoms with E-state index in [1.165, 1.54) is 18.2 Å². The maximum atomic E-state index is 13.0. The van der Waals surface area contributed by atoms with Crippen LogP contribution >= 0.6 is 0 Å². The van der Waals surface area contributed by atoms with Gasteiger partial charge in [0, 0.05) is 29.9 Å². The van der Waals surface area contributed by atoms with Gasteiger partial charge >= 0.3 is 0 Å². The number of nitro groups is 1. The summed E-state index contributed by atoms with van der Waals surface area (Å²) in [4.78, 5) is 40.1. The number of nitro benzene ring substituents is 1. The molecule has 0 radical (unpaired) electrons. The van der Waals surface area contributed by atoms with Crippen LogP contribution in [0.1, 0.15) is 22.6 Å². The third-order valence-corrected chi connectivity index (χ3v) is 5.26. The highest BCUT2D eigenvalue weighted by Gasteiger charge is 2.36. The second-order valence-corrected chi connectivity index (χ2v) is 7.46. The number of rotatable bonds is 7. The van der Waals surface area contributed by atoms with Crippen LogP contribution in [0.2, 0.25) is 0 Å². The Balaban J connectivity index is 1.78. The van der Waals surface area contributed by atoms with Crippen LogP contribution in [-0.2, 0) is 16.1 Å². The Bertz CT molecular complexity index is 1260. The Kier molecular flexibility index (Phi) is 6.23. The summed E-state index contributed by atoms with van der Waals surface area (Å²) >= 11 is 0. The molecule has 3 aromatic rings. The summed E-state index contributed by atoms with van der Waals surface area (Å²) in [5, 5.41) is 16.8. The lowest BCUT2D eigenvalue weighted by atomic mass is 9.90. The van der Waals surface area contributed by atoms with Crippen LogP contribution in [0.5, 0.6) is 0 Å². The molecule has 1 heterocycles. The molecular weight excluding hydrogens is 422 g/mol. The zero-order valence-corrected chi connectivity index (χ0v) is 17.5. The van der Waals surface area contributed by atoms with E-state index in [4.69, 9.17) is 10.7 Å². The number of nitrogens with zero attached hydrogens (tertiary/aromatic N) is 2. The van der Waals surface area contributed by atoms with E-state index in [0.29, 0.717) is 29.2 Å². The molecule has 1 aliphatic heterocycles. The average molecular weight is 443 g/mol. The fourth-order valence-electron chi connectivity index (χ4n) is 3.69. The molecule has 0 saturated heterocycles. The molecular formula is C24H21N5O4. The van der Waals surface area contributed by atoms with E-state index in [0.717, 1.165) is 11.1 Å². The van der Waals surface area contributed by atoms with Crippen molar-refractivity contribution in [2.45, 2.75) is 12.5 Å². The Morgan fingerprint density at radius 2 is 1.88 bits per heavy atom. The van der Waals surface area contributed by atoms with Gasteiger partial charge in [-0.05, 0) is 29.3 Å². The monoisotopic (exact) mass is 443 g/mol. The zero-order valence-electron chi connectivity index (χ0n) is 17.5. The Labute approximate surface area is 189 Å². The van der Waals surface area contributed by atoms with E-state index in [9.17, 15) is 19.7 Å². The number of anilines is 1. The highest BCUT2D eigenvalue weighted by atomic mass is 16.6. The number of benzene rings is 3. The first-order valence-electron chi connectivity index (χ1n) is 10.2. The first kappa shape index (κ1) is 21.8. The summed E-state index contributed by atoms with van der Waals surface area (Å²) in [6, 6.07) is 20.8. The summed E-state index contributed by atoms with van der Waals surface area (Å²) < 4.78 is 0. The summed E-state index contributed by atoms with van der Waals surface area (Å²) in [6.07, 6.45) is 0. The number of hydrogen-bond acceptors (Lipinski definition) is 6. The zero-order chi connectivity index (χ0) is 23.4. The van der Waals surface area contributed by atoms with Gasteiger partial charge in [-0.25, -0.2) is 0 Å². The second-order valence-electron chi connectivity index (χ2n) is 7.46. The van der Waals surface area contributed by atoms with Crippen molar-refractivity contribution in [2.75, 3.05) is 11.9 Å². The van der Waals surface area contributed by atoms with Gasteiger partial charge in [-0.15, -0.1) is 0 Å². The largest absolute Gasteiger partial charge is 0.351 e. The molecule has 2 amide bonds. The summed E-state index contributed by atoms with van der Waals surface area (Å²) in [7, 11) is 0. The quantitative estimate of drug-likeness (QED) is 0.293. The second kappa shape index (κ2) is 9.41. The maximum absolute atomic E-state index is 13.0. The van der Waals surface area contributed by atoms with E-state index < -0.39 is 10.8 Å². The first-order chi connectivity index (χ1) is 16.0. The lowest BCUT2D eigenvalue weighted by Gasteiger charge is -2.14. The molecule has 0 fully saturated rings. The van der Waals surface area contributed by atoms with Crippen molar-refractivity contribution in [2.24, 2.45) is 10.7 Å². The van der Waals surface area contributed by atoms with Crippen LogP contribution in [0, 0.1) is 10.1 Å². The van der Waals surface area contributed by atoms with Gasteiger partial charge in [0.15, 0.2) is 0 Å². The normalized spacial score (nSPS) is 15.0. The van der Waals surface area contributed by atoms with Crippen LogP contribution < -0.4 is 16.4 Å².